The monoisotopic (exact) mass is 481 g/mol. The van der Waals surface area contributed by atoms with Gasteiger partial charge >= 0.3 is 6.03 Å². The Kier molecular flexibility index (Phi) is 5.54. The lowest BCUT2D eigenvalue weighted by molar-refractivity contribution is -0.123. The van der Waals surface area contributed by atoms with Crippen LogP contribution in [-0.2, 0) is 16.2 Å². The highest BCUT2D eigenvalue weighted by atomic mass is 35.5. The third-order valence-corrected chi connectivity index (χ3v) is 7.59. The number of carbonyl (C=O) groups excluding carboxylic acids is 2. The van der Waals surface area contributed by atoms with E-state index in [2.05, 4.69) is 5.32 Å². The number of nitrogens with one attached hydrogen (secondary N) is 1. The number of urea groups is 1. The van der Waals surface area contributed by atoms with Crippen LogP contribution in [-0.4, -0.2) is 29.1 Å². The van der Waals surface area contributed by atoms with Crippen LogP contribution in [0.4, 0.5) is 20.6 Å². The van der Waals surface area contributed by atoms with Gasteiger partial charge in [-0.2, -0.15) is 0 Å². The average molecular weight is 482 g/mol. The largest absolute Gasteiger partial charge is 0.323 e. The summed E-state index contributed by atoms with van der Waals surface area (Å²) in [4.78, 5) is 29.1. The molecular weight excluding hydrogens is 461 g/mol. The topological polar surface area (TPSA) is 52.7 Å². The van der Waals surface area contributed by atoms with E-state index < -0.39 is 16.7 Å². The average Bonchev–Trinajstić information content (AvgIpc) is 3.33. The van der Waals surface area contributed by atoms with Gasteiger partial charge in [-0.3, -0.25) is 9.69 Å². The van der Waals surface area contributed by atoms with Gasteiger partial charge in [-0.1, -0.05) is 41.4 Å². The number of hydrogen-bond donors (Lipinski definition) is 1. The second-order valence-corrected chi connectivity index (χ2v) is 9.85. The Hall–Kier alpha value is -3.03. The minimum Gasteiger partial charge on any atom is -0.308 e. The normalized spacial score (nSPS) is 19.3. The van der Waals surface area contributed by atoms with Gasteiger partial charge in [0.15, 0.2) is 4.87 Å². The first kappa shape index (κ1) is 21.8. The molecule has 1 saturated heterocycles. The van der Waals surface area contributed by atoms with E-state index in [0.29, 0.717) is 40.8 Å². The molecule has 2 aliphatic rings. The number of carbonyl (C=O) groups is 2. The van der Waals surface area contributed by atoms with Gasteiger partial charge < -0.3 is 10.2 Å². The molecular formula is C25H21ClFN3O2S. The van der Waals surface area contributed by atoms with Gasteiger partial charge in [0.1, 0.15) is 5.82 Å². The molecule has 1 spiro atoms. The van der Waals surface area contributed by atoms with Crippen LogP contribution in [0.2, 0.25) is 5.02 Å². The van der Waals surface area contributed by atoms with E-state index in [1.54, 1.807) is 35.2 Å². The lowest BCUT2D eigenvalue weighted by atomic mass is 10.1. The van der Waals surface area contributed by atoms with Crippen molar-refractivity contribution in [3.8, 4) is 0 Å². The van der Waals surface area contributed by atoms with Crippen LogP contribution in [0.5, 0.6) is 0 Å². The van der Waals surface area contributed by atoms with Crippen molar-refractivity contribution in [1.29, 1.82) is 0 Å². The van der Waals surface area contributed by atoms with Crippen LogP contribution in [0.25, 0.3) is 0 Å². The second-order valence-electron chi connectivity index (χ2n) is 8.12. The van der Waals surface area contributed by atoms with Gasteiger partial charge in [-0.05, 0) is 55.0 Å². The molecule has 0 radical (unpaired) electrons. The molecule has 0 bridgehead atoms. The van der Waals surface area contributed by atoms with E-state index >= 15 is 0 Å². The van der Waals surface area contributed by atoms with Crippen molar-refractivity contribution in [2.45, 2.75) is 18.3 Å². The molecule has 1 atom stereocenters. The summed E-state index contributed by atoms with van der Waals surface area (Å²) < 4.78 is 14.4. The number of hydrogen-bond acceptors (Lipinski definition) is 3. The van der Waals surface area contributed by atoms with Crippen LogP contribution >= 0.6 is 23.4 Å². The molecule has 3 aromatic carbocycles. The maximum Gasteiger partial charge on any atom is 0.323 e. The summed E-state index contributed by atoms with van der Waals surface area (Å²) in [5, 5.41) is 3.41. The highest BCUT2D eigenvalue weighted by Gasteiger charge is 2.59. The molecule has 8 heteroatoms. The van der Waals surface area contributed by atoms with Crippen molar-refractivity contribution in [2.75, 3.05) is 22.5 Å². The molecule has 2 aliphatic heterocycles. The number of nitrogens with zero attached hydrogens (tertiary/aromatic N) is 2. The summed E-state index contributed by atoms with van der Waals surface area (Å²) in [6.45, 7) is 2.70. The zero-order chi connectivity index (χ0) is 23.2. The number of benzene rings is 3. The van der Waals surface area contributed by atoms with Gasteiger partial charge in [0.2, 0.25) is 0 Å². The Morgan fingerprint density at radius 3 is 2.70 bits per heavy atom. The van der Waals surface area contributed by atoms with Crippen LogP contribution in [0.15, 0.2) is 66.7 Å². The number of aryl methyl sites for hydroxylation is 1. The summed E-state index contributed by atoms with van der Waals surface area (Å²) in [6.07, 6.45) is 0. The maximum atomic E-state index is 14.4. The van der Waals surface area contributed by atoms with Gasteiger partial charge in [-0.15, -0.1) is 11.8 Å². The molecule has 0 unspecified atom stereocenters. The molecule has 1 fully saturated rings. The number of anilines is 2. The summed E-state index contributed by atoms with van der Waals surface area (Å²) >= 11 is 7.31. The Balaban J connectivity index is 1.53. The Bertz CT molecular complexity index is 1250. The minimum atomic E-state index is -1.31. The maximum absolute atomic E-state index is 14.4. The molecule has 5 nitrogen and oxygen atoms in total. The van der Waals surface area contributed by atoms with Gasteiger partial charge in [-0.25, -0.2) is 9.18 Å². The summed E-state index contributed by atoms with van der Waals surface area (Å²) in [5.74, 6) is -0.115. The Morgan fingerprint density at radius 2 is 1.94 bits per heavy atom. The fourth-order valence-electron chi connectivity index (χ4n) is 4.46. The quantitative estimate of drug-likeness (QED) is 0.517. The van der Waals surface area contributed by atoms with Gasteiger partial charge in [0, 0.05) is 28.6 Å². The fourth-order valence-corrected chi connectivity index (χ4v) is 6.04. The Labute approximate surface area is 200 Å². The van der Waals surface area contributed by atoms with E-state index in [1.807, 2.05) is 31.2 Å². The van der Waals surface area contributed by atoms with Crippen molar-refractivity contribution in [3.05, 3.63) is 94.3 Å². The summed E-state index contributed by atoms with van der Waals surface area (Å²) in [7, 11) is 0. The number of rotatable bonds is 3. The number of thioether (sulfide) groups is 1. The lowest BCUT2D eigenvalue weighted by Gasteiger charge is -2.33. The number of halogens is 2. The first-order chi connectivity index (χ1) is 15.9. The molecule has 5 rings (SSSR count). The third-order valence-electron chi connectivity index (χ3n) is 5.92. The molecule has 1 N–H and O–H groups in total. The van der Waals surface area contributed by atoms with Crippen molar-refractivity contribution >= 4 is 46.7 Å². The standard InChI is InChI=1S/C25H21ClFN3O2S/c1-16-3-2-4-17(13-16)15-29-22-10-7-19(27)14-21(22)25(23(29)31)30(11-12-33-25)24(32)28-20-8-5-18(26)6-9-20/h2-10,13-14H,11-12,15H2,1H3,(H,28,32)/t25-/m1/s1. The van der Waals surface area contributed by atoms with Crippen molar-refractivity contribution in [3.63, 3.8) is 0 Å². The van der Waals surface area contributed by atoms with Gasteiger partial charge in [0.25, 0.3) is 5.91 Å². The number of amides is 3. The van der Waals surface area contributed by atoms with Gasteiger partial charge in [0.05, 0.1) is 12.2 Å². The fraction of sp³-hybridized carbons (Fsp3) is 0.200. The van der Waals surface area contributed by atoms with Crippen LogP contribution in [0.1, 0.15) is 16.7 Å². The molecule has 3 amide bonds. The molecule has 0 saturated carbocycles. The highest BCUT2D eigenvalue weighted by Crippen LogP contribution is 2.54. The van der Waals surface area contributed by atoms with E-state index in [1.165, 1.54) is 28.8 Å². The van der Waals surface area contributed by atoms with E-state index in [-0.39, 0.29) is 5.91 Å². The minimum absolute atomic E-state index is 0.238. The summed E-state index contributed by atoms with van der Waals surface area (Å²) in [5.41, 5.74) is 3.76. The van der Waals surface area contributed by atoms with Crippen molar-refractivity contribution in [1.82, 2.24) is 4.90 Å². The summed E-state index contributed by atoms with van der Waals surface area (Å²) in [6, 6.07) is 18.6. The Morgan fingerprint density at radius 1 is 1.15 bits per heavy atom. The molecule has 168 valence electrons. The zero-order valence-corrected chi connectivity index (χ0v) is 19.4. The van der Waals surface area contributed by atoms with Crippen LogP contribution in [0, 0.1) is 12.7 Å². The van der Waals surface area contributed by atoms with E-state index in [0.717, 1.165) is 11.1 Å². The number of fused-ring (bicyclic) bond motifs is 2. The van der Waals surface area contributed by atoms with E-state index in [9.17, 15) is 14.0 Å². The highest BCUT2D eigenvalue weighted by molar-refractivity contribution is 8.01. The van der Waals surface area contributed by atoms with Crippen LogP contribution in [0.3, 0.4) is 0 Å². The zero-order valence-electron chi connectivity index (χ0n) is 17.8. The smallest absolute Gasteiger partial charge is 0.308 e. The predicted octanol–water partition coefficient (Wildman–Crippen LogP) is 5.77. The first-order valence-electron chi connectivity index (χ1n) is 10.5. The van der Waals surface area contributed by atoms with Crippen LogP contribution < -0.4 is 10.2 Å². The molecule has 3 aromatic rings. The van der Waals surface area contributed by atoms with E-state index in [4.69, 9.17) is 11.6 Å². The third kappa shape index (κ3) is 3.75. The molecule has 2 heterocycles. The molecule has 33 heavy (non-hydrogen) atoms. The lowest BCUT2D eigenvalue weighted by Crippen LogP contribution is -2.51. The van der Waals surface area contributed by atoms with Crippen molar-refractivity contribution < 1.29 is 14.0 Å². The predicted molar refractivity (Wildman–Crippen MR) is 130 cm³/mol. The SMILES string of the molecule is Cc1cccc(CN2C(=O)[C@]3(SCCN3C(=O)Nc3ccc(Cl)cc3)c3cc(F)ccc32)c1. The van der Waals surface area contributed by atoms with Crippen molar-refractivity contribution in [2.24, 2.45) is 0 Å². The molecule has 0 aliphatic carbocycles. The molecule has 0 aromatic heterocycles. The second kappa shape index (κ2) is 8.39. The first-order valence-corrected chi connectivity index (χ1v) is 11.9.